The first-order valence-electron chi connectivity index (χ1n) is 5.74. The molecule has 0 fully saturated rings. The summed E-state index contributed by atoms with van der Waals surface area (Å²) in [5.74, 6) is -1.97. The lowest BCUT2D eigenvalue weighted by Gasteiger charge is -2.18. The molecule has 20 heavy (non-hydrogen) atoms. The molecule has 106 valence electrons. The summed E-state index contributed by atoms with van der Waals surface area (Å²) in [5.41, 5.74) is 0.783. The number of aromatic nitrogens is 1. The molecule has 2 aromatic rings. The standard InChI is InChI=1S/C12H12N2O4S2/c15-10(16)3-4-14(6-11(17)18)12-13-8(7-20-12)9-2-1-5-19-9/h1-2,5,7H,3-4,6H2,(H,15,16)(H,17,18). The first kappa shape index (κ1) is 14.5. The van der Waals surface area contributed by atoms with Gasteiger partial charge in [0.15, 0.2) is 5.13 Å². The van der Waals surface area contributed by atoms with E-state index in [2.05, 4.69) is 4.98 Å². The van der Waals surface area contributed by atoms with Gasteiger partial charge < -0.3 is 15.1 Å². The molecule has 0 bridgehead atoms. The monoisotopic (exact) mass is 312 g/mol. The minimum Gasteiger partial charge on any atom is -0.481 e. The number of rotatable bonds is 7. The van der Waals surface area contributed by atoms with Gasteiger partial charge in [-0.05, 0) is 11.4 Å². The average Bonchev–Trinajstić information content (AvgIpc) is 3.03. The molecule has 2 rings (SSSR count). The minimum atomic E-state index is -1.01. The molecular weight excluding hydrogens is 300 g/mol. The van der Waals surface area contributed by atoms with Crippen LogP contribution in [0, 0.1) is 0 Å². The third kappa shape index (κ3) is 3.78. The summed E-state index contributed by atoms with van der Waals surface area (Å²) >= 11 is 2.86. The van der Waals surface area contributed by atoms with Gasteiger partial charge in [0.25, 0.3) is 0 Å². The molecule has 6 nitrogen and oxygen atoms in total. The van der Waals surface area contributed by atoms with Crippen molar-refractivity contribution < 1.29 is 19.8 Å². The zero-order valence-electron chi connectivity index (χ0n) is 10.4. The molecule has 8 heteroatoms. The van der Waals surface area contributed by atoms with E-state index < -0.39 is 11.9 Å². The fourth-order valence-electron chi connectivity index (χ4n) is 1.58. The van der Waals surface area contributed by atoms with Crippen LogP contribution in [0.5, 0.6) is 0 Å². The maximum atomic E-state index is 10.9. The summed E-state index contributed by atoms with van der Waals surface area (Å²) in [4.78, 5) is 28.3. The Kier molecular flexibility index (Phi) is 4.70. The number of thiophene rings is 1. The number of hydrogen-bond acceptors (Lipinski definition) is 6. The van der Waals surface area contributed by atoms with Crippen LogP contribution in [0.1, 0.15) is 6.42 Å². The van der Waals surface area contributed by atoms with Gasteiger partial charge in [-0.1, -0.05) is 6.07 Å². The van der Waals surface area contributed by atoms with E-state index in [1.54, 1.807) is 11.3 Å². The van der Waals surface area contributed by atoms with E-state index in [0.29, 0.717) is 5.13 Å². The van der Waals surface area contributed by atoms with Crippen molar-refractivity contribution in [2.75, 3.05) is 18.0 Å². The molecule has 0 amide bonds. The molecule has 0 atom stereocenters. The van der Waals surface area contributed by atoms with Crippen LogP contribution >= 0.6 is 22.7 Å². The lowest BCUT2D eigenvalue weighted by Crippen LogP contribution is -2.31. The number of carboxylic acid groups (broad SMARTS) is 2. The summed E-state index contributed by atoms with van der Waals surface area (Å²) in [7, 11) is 0. The Hall–Kier alpha value is -1.93. The average molecular weight is 312 g/mol. The van der Waals surface area contributed by atoms with Gasteiger partial charge in [0.1, 0.15) is 6.54 Å². The number of hydrogen-bond donors (Lipinski definition) is 2. The number of anilines is 1. The molecule has 0 aromatic carbocycles. The maximum absolute atomic E-state index is 10.9. The second kappa shape index (κ2) is 6.49. The summed E-state index contributed by atoms with van der Waals surface area (Å²) in [5, 5.41) is 21.9. The van der Waals surface area contributed by atoms with Crippen LogP contribution in [0.2, 0.25) is 0 Å². The Morgan fingerprint density at radius 2 is 2.05 bits per heavy atom. The highest BCUT2D eigenvalue weighted by Gasteiger charge is 2.16. The van der Waals surface area contributed by atoms with Crippen molar-refractivity contribution >= 4 is 39.7 Å². The topological polar surface area (TPSA) is 90.7 Å². The third-order valence-electron chi connectivity index (χ3n) is 2.46. The lowest BCUT2D eigenvalue weighted by atomic mass is 10.4. The van der Waals surface area contributed by atoms with E-state index in [-0.39, 0.29) is 19.5 Å². The fourth-order valence-corrected chi connectivity index (χ4v) is 3.20. The van der Waals surface area contributed by atoms with E-state index in [1.807, 2.05) is 22.9 Å². The Balaban J connectivity index is 2.15. The highest BCUT2D eigenvalue weighted by Crippen LogP contribution is 2.30. The van der Waals surface area contributed by atoms with Crippen molar-refractivity contribution in [2.24, 2.45) is 0 Å². The van der Waals surface area contributed by atoms with Gasteiger partial charge in [-0.2, -0.15) is 0 Å². The van der Waals surface area contributed by atoms with Crippen LogP contribution < -0.4 is 4.90 Å². The second-order valence-corrected chi connectivity index (χ2v) is 5.74. The van der Waals surface area contributed by atoms with E-state index in [4.69, 9.17) is 10.2 Å². The van der Waals surface area contributed by atoms with Crippen LogP contribution in [0.3, 0.4) is 0 Å². The Morgan fingerprint density at radius 3 is 2.65 bits per heavy atom. The van der Waals surface area contributed by atoms with Crippen molar-refractivity contribution in [3.05, 3.63) is 22.9 Å². The second-order valence-electron chi connectivity index (χ2n) is 3.95. The van der Waals surface area contributed by atoms with E-state index >= 15 is 0 Å². The smallest absolute Gasteiger partial charge is 0.323 e. The summed E-state index contributed by atoms with van der Waals surface area (Å²) < 4.78 is 0. The first-order chi connectivity index (χ1) is 9.56. The SMILES string of the molecule is O=C(O)CCN(CC(=O)O)c1nc(-c2cccs2)cs1. The molecule has 0 unspecified atom stereocenters. The Morgan fingerprint density at radius 1 is 1.25 bits per heavy atom. The largest absolute Gasteiger partial charge is 0.481 e. The van der Waals surface area contributed by atoms with Crippen molar-refractivity contribution in [1.82, 2.24) is 4.98 Å². The van der Waals surface area contributed by atoms with E-state index in [1.165, 1.54) is 16.2 Å². The summed E-state index contributed by atoms with van der Waals surface area (Å²) in [6.07, 6.45) is -0.124. The van der Waals surface area contributed by atoms with Crippen LogP contribution in [0.25, 0.3) is 10.6 Å². The third-order valence-corrected chi connectivity index (χ3v) is 4.25. The summed E-state index contributed by atoms with van der Waals surface area (Å²) in [6, 6.07) is 3.85. The zero-order chi connectivity index (χ0) is 14.5. The van der Waals surface area contributed by atoms with Gasteiger partial charge in [-0.15, -0.1) is 22.7 Å². The highest BCUT2D eigenvalue weighted by atomic mass is 32.1. The van der Waals surface area contributed by atoms with Gasteiger partial charge in [-0.25, -0.2) is 4.98 Å². The van der Waals surface area contributed by atoms with Gasteiger partial charge in [0.05, 0.1) is 17.0 Å². The van der Waals surface area contributed by atoms with Gasteiger partial charge in [0.2, 0.25) is 0 Å². The van der Waals surface area contributed by atoms with Crippen LogP contribution in [-0.2, 0) is 9.59 Å². The minimum absolute atomic E-state index is 0.124. The van der Waals surface area contributed by atoms with Crippen molar-refractivity contribution in [3.63, 3.8) is 0 Å². The van der Waals surface area contributed by atoms with Gasteiger partial charge in [0, 0.05) is 11.9 Å². The molecule has 0 aliphatic carbocycles. The molecule has 0 aliphatic heterocycles. The van der Waals surface area contributed by atoms with Crippen LogP contribution in [0.4, 0.5) is 5.13 Å². The molecule has 0 radical (unpaired) electrons. The zero-order valence-corrected chi connectivity index (χ0v) is 12.0. The molecule has 0 saturated heterocycles. The molecule has 0 saturated carbocycles. The number of carboxylic acids is 2. The van der Waals surface area contributed by atoms with Gasteiger partial charge in [-0.3, -0.25) is 9.59 Å². The first-order valence-corrected chi connectivity index (χ1v) is 7.50. The number of nitrogens with zero attached hydrogens (tertiary/aromatic N) is 2. The highest BCUT2D eigenvalue weighted by molar-refractivity contribution is 7.16. The molecule has 0 spiro atoms. The lowest BCUT2D eigenvalue weighted by molar-refractivity contribution is -0.138. The predicted octanol–water partition coefficient (Wildman–Crippen LogP) is 2.24. The molecule has 2 heterocycles. The Bertz CT molecular complexity index is 594. The normalized spacial score (nSPS) is 10.4. The van der Waals surface area contributed by atoms with Gasteiger partial charge >= 0.3 is 11.9 Å². The summed E-state index contributed by atoms with van der Waals surface area (Å²) in [6.45, 7) is -0.135. The maximum Gasteiger partial charge on any atom is 0.323 e. The molecule has 0 aliphatic rings. The van der Waals surface area contributed by atoms with Crippen LogP contribution in [0.15, 0.2) is 22.9 Å². The number of aliphatic carboxylic acids is 2. The molecular formula is C12H12N2O4S2. The fraction of sp³-hybridized carbons (Fsp3) is 0.250. The molecule has 2 N–H and O–H groups in total. The predicted molar refractivity (Wildman–Crippen MR) is 77.5 cm³/mol. The quantitative estimate of drug-likeness (QED) is 0.815. The Labute approximate surface area is 122 Å². The molecule has 2 aromatic heterocycles. The van der Waals surface area contributed by atoms with E-state index in [0.717, 1.165) is 10.6 Å². The van der Waals surface area contributed by atoms with Crippen LogP contribution in [-0.4, -0.2) is 40.2 Å². The number of carbonyl (C=O) groups is 2. The van der Waals surface area contributed by atoms with E-state index in [9.17, 15) is 9.59 Å². The van der Waals surface area contributed by atoms with Crippen molar-refractivity contribution in [3.8, 4) is 10.6 Å². The number of thiazole rings is 1. The van der Waals surface area contributed by atoms with Crippen molar-refractivity contribution in [2.45, 2.75) is 6.42 Å². The van der Waals surface area contributed by atoms with Crippen molar-refractivity contribution in [1.29, 1.82) is 0 Å².